The van der Waals surface area contributed by atoms with Crippen LogP contribution in [0.25, 0.3) is 0 Å². The highest BCUT2D eigenvalue weighted by atomic mass is 16.3. The van der Waals surface area contributed by atoms with Gasteiger partial charge in [-0.15, -0.1) is 6.58 Å². The molecular weight excluding hydrogens is 288 g/mol. The van der Waals surface area contributed by atoms with Crippen molar-refractivity contribution >= 4 is 5.78 Å². The fourth-order valence-corrected chi connectivity index (χ4v) is 5.56. The molecule has 0 aromatic carbocycles. The third-order valence-electron chi connectivity index (χ3n) is 7.21. The van der Waals surface area contributed by atoms with Crippen LogP contribution in [0.1, 0.15) is 73.1 Å². The third-order valence-corrected chi connectivity index (χ3v) is 7.21. The zero-order chi connectivity index (χ0) is 17.7. The maximum absolute atomic E-state index is 12.3. The topological polar surface area (TPSA) is 57.5 Å². The molecule has 0 bridgehead atoms. The van der Waals surface area contributed by atoms with Gasteiger partial charge in [-0.2, -0.15) is 0 Å². The molecule has 0 spiro atoms. The molecule has 0 radical (unpaired) electrons. The second-order valence-electron chi connectivity index (χ2n) is 9.20. The molecule has 23 heavy (non-hydrogen) atoms. The molecule has 0 amide bonds. The van der Waals surface area contributed by atoms with Crippen molar-refractivity contribution in [3.05, 3.63) is 12.7 Å². The minimum Gasteiger partial charge on any atom is -0.389 e. The summed E-state index contributed by atoms with van der Waals surface area (Å²) < 4.78 is 0. The van der Waals surface area contributed by atoms with Crippen LogP contribution < -0.4 is 0 Å². The van der Waals surface area contributed by atoms with Crippen LogP contribution in [0.15, 0.2) is 12.7 Å². The quantitative estimate of drug-likeness (QED) is 0.755. The Morgan fingerprint density at radius 3 is 2.48 bits per heavy atom. The lowest BCUT2D eigenvalue weighted by Gasteiger charge is -2.53. The van der Waals surface area contributed by atoms with Crippen molar-refractivity contribution in [2.45, 2.75) is 84.3 Å². The molecule has 0 heterocycles. The van der Waals surface area contributed by atoms with E-state index in [9.17, 15) is 15.0 Å². The van der Waals surface area contributed by atoms with Gasteiger partial charge in [0.25, 0.3) is 0 Å². The van der Waals surface area contributed by atoms with Crippen molar-refractivity contribution in [2.75, 3.05) is 0 Å². The van der Waals surface area contributed by atoms with E-state index in [0.717, 1.165) is 25.7 Å². The summed E-state index contributed by atoms with van der Waals surface area (Å²) in [5.74, 6) is 0.101. The fourth-order valence-electron chi connectivity index (χ4n) is 5.56. The summed E-state index contributed by atoms with van der Waals surface area (Å²) >= 11 is 0. The average molecular weight is 322 g/mol. The second-order valence-corrected chi connectivity index (χ2v) is 9.20. The molecule has 0 aromatic heterocycles. The Hall–Kier alpha value is -0.670. The van der Waals surface area contributed by atoms with Gasteiger partial charge < -0.3 is 10.2 Å². The van der Waals surface area contributed by atoms with Gasteiger partial charge in [-0.25, -0.2) is 0 Å². The van der Waals surface area contributed by atoms with Crippen LogP contribution in [0.4, 0.5) is 0 Å². The minimum atomic E-state index is -1.03. The molecule has 2 aliphatic rings. The van der Waals surface area contributed by atoms with E-state index in [2.05, 4.69) is 27.4 Å². The Kier molecular flexibility index (Phi) is 4.63. The van der Waals surface area contributed by atoms with Gasteiger partial charge in [-0.3, -0.25) is 4.79 Å². The Morgan fingerprint density at radius 2 is 1.96 bits per heavy atom. The lowest BCUT2D eigenvalue weighted by Crippen LogP contribution is -2.54. The van der Waals surface area contributed by atoms with E-state index in [0.29, 0.717) is 18.8 Å². The number of hydrogen-bond donors (Lipinski definition) is 2. The van der Waals surface area contributed by atoms with Gasteiger partial charge in [0.1, 0.15) is 5.78 Å². The van der Waals surface area contributed by atoms with Gasteiger partial charge >= 0.3 is 0 Å². The summed E-state index contributed by atoms with van der Waals surface area (Å²) in [7, 11) is 0. The smallest absolute Gasteiger partial charge is 0.135 e. The van der Waals surface area contributed by atoms with Crippen LogP contribution in [-0.2, 0) is 4.79 Å². The van der Waals surface area contributed by atoms with Crippen molar-refractivity contribution in [1.82, 2.24) is 0 Å². The van der Waals surface area contributed by atoms with E-state index in [1.165, 1.54) is 6.08 Å². The van der Waals surface area contributed by atoms with Gasteiger partial charge in [-0.1, -0.05) is 33.3 Å². The Balaban J connectivity index is 2.40. The number of carbonyl (C=O) groups excluding carboxylic acids is 1. The van der Waals surface area contributed by atoms with Gasteiger partial charge in [0.05, 0.1) is 11.2 Å². The summed E-state index contributed by atoms with van der Waals surface area (Å²) in [6, 6.07) is 0. The van der Waals surface area contributed by atoms with Crippen LogP contribution in [0.2, 0.25) is 0 Å². The highest BCUT2D eigenvalue weighted by molar-refractivity contribution is 5.80. The largest absolute Gasteiger partial charge is 0.389 e. The molecule has 3 nitrogen and oxygen atoms in total. The lowest BCUT2D eigenvalue weighted by atomic mass is 9.54. The molecule has 2 rings (SSSR count). The highest BCUT2D eigenvalue weighted by Crippen LogP contribution is 2.66. The van der Waals surface area contributed by atoms with Crippen molar-refractivity contribution < 1.29 is 15.0 Å². The van der Waals surface area contributed by atoms with Crippen LogP contribution in [-0.4, -0.2) is 27.2 Å². The zero-order valence-corrected chi connectivity index (χ0v) is 15.5. The first-order valence-electron chi connectivity index (χ1n) is 8.98. The molecule has 0 aliphatic heterocycles. The molecule has 3 heteroatoms. The van der Waals surface area contributed by atoms with E-state index in [-0.39, 0.29) is 22.5 Å². The minimum absolute atomic E-state index is 0.0807. The number of fused-ring (bicyclic) bond motifs is 1. The van der Waals surface area contributed by atoms with E-state index in [1.807, 2.05) is 0 Å². The number of hydrogen-bond acceptors (Lipinski definition) is 3. The van der Waals surface area contributed by atoms with Gasteiger partial charge in [0.15, 0.2) is 0 Å². The van der Waals surface area contributed by atoms with E-state index in [1.54, 1.807) is 13.8 Å². The molecule has 0 aromatic rings. The molecule has 132 valence electrons. The molecule has 2 N–H and O–H groups in total. The second kappa shape index (κ2) is 5.70. The van der Waals surface area contributed by atoms with E-state index >= 15 is 0 Å². The van der Waals surface area contributed by atoms with E-state index in [4.69, 9.17) is 0 Å². The van der Waals surface area contributed by atoms with Gasteiger partial charge in [0, 0.05) is 11.3 Å². The maximum Gasteiger partial charge on any atom is 0.135 e. The normalized spacial score (nSPS) is 41.9. The summed E-state index contributed by atoms with van der Waals surface area (Å²) in [5.41, 5.74) is -2.15. The first kappa shape index (κ1) is 18.7. The predicted molar refractivity (Wildman–Crippen MR) is 93.0 cm³/mol. The molecule has 0 saturated heterocycles. The summed E-state index contributed by atoms with van der Waals surface area (Å²) in [5, 5.41) is 22.0. The molecule has 2 unspecified atom stereocenters. The summed E-state index contributed by atoms with van der Waals surface area (Å²) in [6.45, 7) is 13.7. The van der Waals surface area contributed by atoms with Crippen molar-refractivity contribution in [3.63, 3.8) is 0 Å². The molecule has 2 fully saturated rings. The number of aliphatic hydroxyl groups is 2. The molecule has 2 aliphatic carbocycles. The number of Topliss-reactive ketones (excluding diaryl/α,β-unsaturated/α-hetero) is 1. The molecular formula is C20H34O3. The third kappa shape index (κ3) is 2.91. The van der Waals surface area contributed by atoms with E-state index < -0.39 is 11.2 Å². The van der Waals surface area contributed by atoms with Gasteiger partial charge in [-0.05, 0) is 57.3 Å². The molecule has 2 saturated carbocycles. The monoisotopic (exact) mass is 322 g/mol. The standard InChI is InChI=1S/C20H34O3/c1-7-18(5,22)11-12-20(23)15(14(2)21)13-16-17(3,4)9-8-10-19(16,20)6/h7,15-16,22-23H,1,8-13H2,2-6H3/t15-,16?,18?,19-,20+/m0/s1. The van der Waals surface area contributed by atoms with Crippen molar-refractivity contribution in [2.24, 2.45) is 22.7 Å². The van der Waals surface area contributed by atoms with Crippen LogP contribution in [0.5, 0.6) is 0 Å². The predicted octanol–water partition coefficient (Wildman–Crippen LogP) is 3.88. The Morgan fingerprint density at radius 1 is 1.35 bits per heavy atom. The first-order valence-corrected chi connectivity index (χ1v) is 8.98. The Labute approximate surface area is 141 Å². The summed E-state index contributed by atoms with van der Waals surface area (Å²) in [4.78, 5) is 12.3. The van der Waals surface area contributed by atoms with Crippen LogP contribution in [0, 0.1) is 22.7 Å². The van der Waals surface area contributed by atoms with Crippen LogP contribution in [0.3, 0.4) is 0 Å². The number of ketones is 1. The zero-order valence-electron chi connectivity index (χ0n) is 15.5. The Bertz CT molecular complexity index is 493. The summed E-state index contributed by atoms with van der Waals surface area (Å²) in [6.07, 6.45) is 6.36. The molecule has 5 atom stereocenters. The van der Waals surface area contributed by atoms with Crippen molar-refractivity contribution in [1.29, 1.82) is 0 Å². The maximum atomic E-state index is 12.3. The highest BCUT2D eigenvalue weighted by Gasteiger charge is 2.66. The lowest BCUT2D eigenvalue weighted by molar-refractivity contribution is -0.152. The first-order chi connectivity index (χ1) is 10.4. The SMILES string of the molecule is C=CC(C)(O)CC[C@@]1(O)[C@H](C(C)=O)CC2C(C)(C)CCC[C@@]21C. The average Bonchev–Trinajstić information content (AvgIpc) is 2.67. The number of rotatable bonds is 5. The van der Waals surface area contributed by atoms with Crippen LogP contribution >= 0.6 is 0 Å². The van der Waals surface area contributed by atoms with Gasteiger partial charge in [0.2, 0.25) is 0 Å². The van der Waals surface area contributed by atoms with Crippen molar-refractivity contribution in [3.8, 4) is 0 Å². The fraction of sp³-hybridized carbons (Fsp3) is 0.850. The number of carbonyl (C=O) groups is 1.